The Morgan fingerprint density at radius 2 is 1.74 bits per heavy atom. The first kappa shape index (κ1) is 23.5. The van der Waals surface area contributed by atoms with Gasteiger partial charge >= 0.3 is 0 Å². The summed E-state index contributed by atoms with van der Waals surface area (Å²) in [6.45, 7) is 7.28. The van der Waals surface area contributed by atoms with Crippen molar-refractivity contribution in [3.05, 3.63) is 56.0 Å². The van der Waals surface area contributed by atoms with Crippen molar-refractivity contribution < 1.29 is 23.8 Å². The van der Waals surface area contributed by atoms with E-state index < -0.39 is 0 Å². The van der Waals surface area contributed by atoms with Gasteiger partial charge in [-0.1, -0.05) is 17.7 Å². The van der Waals surface area contributed by atoms with Crippen LogP contribution in [-0.4, -0.2) is 42.4 Å². The SMILES string of the molecule is CCOc1cc(/C=C2\SC(=O)N(CCOc3ccc(C)cc3)C2=O)cc(I)c1OCC. The number of thioether (sulfide) groups is 1. The number of halogens is 1. The number of imide groups is 1. The van der Waals surface area contributed by atoms with Crippen LogP contribution in [0.5, 0.6) is 17.2 Å². The third-order valence-corrected chi connectivity index (χ3v) is 6.11. The Balaban J connectivity index is 1.71. The Morgan fingerprint density at radius 3 is 2.42 bits per heavy atom. The van der Waals surface area contributed by atoms with E-state index in [1.165, 1.54) is 4.90 Å². The van der Waals surface area contributed by atoms with E-state index in [-0.39, 0.29) is 24.3 Å². The van der Waals surface area contributed by atoms with Crippen LogP contribution >= 0.6 is 34.4 Å². The van der Waals surface area contributed by atoms with E-state index in [9.17, 15) is 9.59 Å². The number of amides is 2. The fraction of sp³-hybridized carbons (Fsp3) is 0.304. The number of ether oxygens (including phenoxy) is 3. The second kappa shape index (κ2) is 10.9. The molecule has 1 saturated heterocycles. The Kier molecular flexibility index (Phi) is 8.25. The van der Waals surface area contributed by atoms with Crippen molar-refractivity contribution in [1.29, 1.82) is 0 Å². The third kappa shape index (κ3) is 5.94. The highest BCUT2D eigenvalue weighted by atomic mass is 127. The number of hydrogen-bond acceptors (Lipinski definition) is 6. The van der Waals surface area contributed by atoms with Crippen LogP contribution in [0.15, 0.2) is 41.3 Å². The lowest BCUT2D eigenvalue weighted by atomic mass is 10.2. The molecule has 0 N–H and O–H groups in total. The van der Waals surface area contributed by atoms with Crippen LogP contribution in [0.3, 0.4) is 0 Å². The van der Waals surface area contributed by atoms with Gasteiger partial charge in [-0.25, -0.2) is 0 Å². The quantitative estimate of drug-likeness (QED) is 0.302. The zero-order chi connectivity index (χ0) is 22.4. The van der Waals surface area contributed by atoms with Crippen LogP contribution < -0.4 is 14.2 Å². The lowest BCUT2D eigenvalue weighted by Crippen LogP contribution is -2.32. The van der Waals surface area contributed by atoms with Crippen molar-refractivity contribution in [3.8, 4) is 17.2 Å². The summed E-state index contributed by atoms with van der Waals surface area (Å²) >= 11 is 3.11. The number of carbonyl (C=O) groups is 2. The molecule has 164 valence electrons. The van der Waals surface area contributed by atoms with Crippen LogP contribution in [0, 0.1) is 10.5 Å². The number of rotatable bonds is 9. The molecule has 0 spiro atoms. The predicted molar refractivity (Wildman–Crippen MR) is 131 cm³/mol. The minimum absolute atomic E-state index is 0.195. The number of hydrogen-bond donors (Lipinski definition) is 0. The van der Waals surface area contributed by atoms with Gasteiger partial charge in [-0.15, -0.1) is 0 Å². The zero-order valence-corrected chi connectivity index (χ0v) is 20.6. The normalized spacial score (nSPS) is 15.0. The molecule has 2 aromatic rings. The molecular formula is C23H24INO5S. The standard InChI is InChI=1S/C23H24INO5S/c1-4-28-19-13-16(12-18(24)21(19)29-5-2)14-20-22(26)25(23(27)31-20)10-11-30-17-8-6-15(3)7-9-17/h6-9,12-14H,4-5,10-11H2,1-3H3/b20-14-. The summed E-state index contributed by atoms with van der Waals surface area (Å²) in [6, 6.07) is 11.4. The third-order valence-electron chi connectivity index (χ3n) is 4.40. The molecule has 0 aliphatic carbocycles. The van der Waals surface area contributed by atoms with Crippen LogP contribution in [-0.2, 0) is 4.79 Å². The first-order valence-corrected chi connectivity index (χ1v) is 11.9. The highest BCUT2D eigenvalue weighted by Crippen LogP contribution is 2.37. The highest BCUT2D eigenvalue weighted by Gasteiger charge is 2.34. The molecule has 1 aliphatic rings. The van der Waals surface area contributed by atoms with Crippen LogP contribution in [0.4, 0.5) is 4.79 Å². The topological polar surface area (TPSA) is 65.1 Å². The van der Waals surface area contributed by atoms with E-state index in [1.54, 1.807) is 6.08 Å². The average molecular weight is 553 g/mol. The van der Waals surface area contributed by atoms with Crippen molar-refractivity contribution in [3.63, 3.8) is 0 Å². The molecule has 0 atom stereocenters. The van der Waals surface area contributed by atoms with E-state index in [2.05, 4.69) is 22.6 Å². The Morgan fingerprint density at radius 1 is 1.03 bits per heavy atom. The molecule has 1 aliphatic heterocycles. The number of benzene rings is 2. The Labute approximate surface area is 200 Å². The van der Waals surface area contributed by atoms with Crippen molar-refractivity contribution >= 4 is 51.6 Å². The average Bonchev–Trinajstić information content (AvgIpc) is 2.99. The minimum atomic E-state index is -0.315. The van der Waals surface area contributed by atoms with E-state index in [0.717, 1.165) is 26.5 Å². The smallest absolute Gasteiger partial charge is 0.293 e. The summed E-state index contributed by atoms with van der Waals surface area (Å²) in [4.78, 5) is 26.7. The van der Waals surface area contributed by atoms with Gasteiger partial charge in [-0.2, -0.15) is 0 Å². The van der Waals surface area contributed by atoms with Gasteiger partial charge in [0.05, 0.1) is 28.2 Å². The maximum atomic E-state index is 12.8. The van der Waals surface area contributed by atoms with Gasteiger partial charge in [0.1, 0.15) is 12.4 Å². The molecule has 0 aromatic heterocycles. The molecule has 8 heteroatoms. The summed E-state index contributed by atoms with van der Waals surface area (Å²) in [5, 5.41) is -0.297. The molecule has 1 fully saturated rings. The summed E-state index contributed by atoms with van der Waals surface area (Å²) in [5.74, 6) is 1.70. The summed E-state index contributed by atoms with van der Waals surface area (Å²) in [7, 11) is 0. The maximum Gasteiger partial charge on any atom is 0.293 e. The molecule has 0 saturated carbocycles. The van der Waals surface area contributed by atoms with E-state index >= 15 is 0 Å². The fourth-order valence-electron chi connectivity index (χ4n) is 2.95. The van der Waals surface area contributed by atoms with Gasteiger partial charge in [-0.3, -0.25) is 14.5 Å². The van der Waals surface area contributed by atoms with Crippen molar-refractivity contribution in [2.75, 3.05) is 26.4 Å². The molecule has 0 unspecified atom stereocenters. The molecule has 1 heterocycles. The van der Waals surface area contributed by atoms with Crippen LogP contribution in [0.2, 0.25) is 0 Å². The number of carbonyl (C=O) groups excluding carboxylic acids is 2. The van der Waals surface area contributed by atoms with Crippen molar-refractivity contribution in [1.82, 2.24) is 4.90 Å². The summed E-state index contributed by atoms with van der Waals surface area (Å²) in [6.07, 6.45) is 1.71. The first-order valence-electron chi connectivity index (χ1n) is 9.96. The molecule has 31 heavy (non-hydrogen) atoms. The number of nitrogens with zero attached hydrogens (tertiary/aromatic N) is 1. The largest absolute Gasteiger partial charge is 0.492 e. The summed E-state index contributed by atoms with van der Waals surface area (Å²) in [5.41, 5.74) is 1.91. The van der Waals surface area contributed by atoms with Gasteiger partial charge in [0.2, 0.25) is 0 Å². The van der Waals surface area contributed by atoms with Crippen LogP contribution in [0.1, 0.15) is 25.0 Å². The van der Waals surface area contributed by atoms with Gasteiger partial charge < -0.3 is 14.2 Å². The molecule has 0 radical (unpaired) electrons. The van der Waals surface area contributed by atoms with Crippen molar-refractivity contribution in [2.45, 2.75) is 20.8 Å². The molecule has 2 aromatic carbocycles. The monoisotopic (exact) mass is 553 g/mol. The second-order valence-electron chi connectivity index (χ2n) is 6.69. The maximum absolute atomic E-state index is 12.8. The predicted octanol–water partition coefficient (Wildman–Crippen LogP) is 5.51. The van der Waals surface area contributed by atoms with Gasteiger partial charge in [0.25, 0.3) is 11.1 Å². The summed E-state index contributed by atoms with van der Waals surface area (Å²) < 4.78 is 17.9. The van der Waals surface area contributed by atoms with E-state index in [0.29, 0.717) is 35.4 Å². The Bertz CT molecular complexity index is 990. The van der Waals surface area contributed by atoms with E-state index in [1.807, 2.05) is 57.2 Å². The second-order valence-corrected chi connectivity index (χ2v) is 8.85. The molecule has 3 rings (SSSR count). The minimum Gasteiger partial charge on any atom is -0.492 e. The molecule has 2 amide bonds. The highest BCUT2D eigenvalue weighted by molar-refractivity contribution is 14.1. The zero-order valence-electron chi connectivity index (χ0n) is 17.6. The lowest BCUT2D eigenvalue weighted by Gasteiger charge is -2.14. The van der Waals surface area contributed by atoms with Crippen molar-refractivity contribution in [2.24, 2.45) is 0 Å². The number of aryl methyl sites for hydroxylation is 1. The Hall–Kier alpha value is -2.20. The first-order chi connectivity index (χ1) is 14.9. The van der Waals surface area contributed by atoms with Gasteiger partial charge in [-0.05, 0) is 91.0 Å². The van der Waals surface area contributed by atoms with Crippen LogP contribution in [0.25, 0.3) is 6.08 Å². The van der Waals surface area contributed by atoms with Gasteiger partial charge in [0, 0.05) is 0 Å². The van der Waals surface area contributed by atoms with Gasteiger partial charge in [0.15, 0.2) is 11.5 Å². The molecule has 6 nitrogen and oxygen atoms in total. The molecular weight excluding hydrogens is 529 g/mol. The fourth-order valence-corrected chi connectivity index (χ4v) is 4.60. The lowest BCUT2D eigenvalue weighted by molar-refractivity contribution is -0.123. The molecule has 0 bridgehead atoms. The van der Waals surface area contributed by atoms with E-state index in [4.69, 9.17) is 14.2 Å².